The van der Waals surface area contributed by atoms with Crippen molar-refractivity contribution in [2.75, 3.05) is 0 Å². The van der Waals surface area contributed by atoms with E-state index in [-0.39, 0.29) is 20.1 Å². The zero-order valence-corrected chi connectivity index (χ0v) is 33.3. The monoisotopic (exact) mass is 870 g/mol. The Morgan fingerprint density at radius 2 is 1.46 bits per heavy atom. The van der Waals surface area contributed by atoms with E-state index in [0.717, 1.165) is 61.3 Å². The third-order valence-corrected chi connectivity index (χ3v) is 11.5. The molecule has 4 nitrogen and oxygen atoms in total. The van der Waals surface area contributed by atoms with E-state index in [1.807, 2.05) is 48.5 Å². The van der Waals surface area contributed by atoms with Gasteiger partial charge in [-0.25, -0.2) is 0 Å². The summed E-state index contributed by atoms with van der Waals surface area (Å²) in [6, 6.07) is 52.3. The molecule has 0 atom stereocenters. The van der Waals surface area contributed by atoms with Crippen molar-refractivity contribution in [1.29, 1.82) is 0 Å². The summed E-state index contributed by atoms with van der Waals surface area (Å²) in [7, 11) is -1.34. The van der Waals surface area contributed by atoms with Gasteiger partial charge in [0.15, 0.2) is 0 Å². The Hall–Kier alpha value is -5.13. The van der Waals surface area contributed by atoms with Crippen LogP contribution in [0, 0.1) is 12.1 Å². The van der Waals surface area contributed by atoms with Gasteiger partial charge in [0.1, 0.15) is 5.58 Å². The fraction of sp³-hybridized carbons (Fsp3) is 0.130. The minimum absolute atomic E-state index is 0. The Kier molecular flexibility index (Phi) is 9.82. The number of imidazole rings is 1. The molecule has 259 valence electrons. The first-order valence-corrected chi connectivity index (χ1v) is 21.0. The predicted molar refractivity (Wildman–Crippen MR) is 216 cm³/mol. The second-order valence-electron chi connectivity index (χ2n) is 14.3. The van der Waals surface area contributed by atoms with Gasteiger partial charge in [0.25, 0.3) is 0 Å². The Morgan fingerprint density at radius 1 is 0.712 bits per heavy atom. The number of hydrogen-bond donors (Lipinski definition) is 0. The van der Waals surface area contributed by atoms with Crippen LogP contribution in [0.3, 0.4) is 0 Å². The van der Waals surface area contributed by atoms with Gasteiger partial charge in [-0.3, -0.25) is 4.98 Å². The molecule has 0 spiro atoms. The number of aromatic nitrogens is 3. The molecule has 6 aromatic carbocycles. The third-order valence-electron chi connectivity index (χ3n) is 9.47. The van der Waals surface area contributed by atoms with Crippen LogP contribution >= 0.6 is 0 Å². The number of benzene rings is 6. The van der Waals surface area contributed by atoms with E-state index in [9.17, 15) is 0 Å². The second-order valence-corrected chi connectivity index (χ2v) is 19.4. The molecular weight excluding hydrogens is 831 g/mol. The molecule has 3 heterocycles. The van der Waals surface area contributed by atoms with Gasteiger partial charge in [-0.1, -0.05) is 117 Å². The maximum absolute atomic E-state index is 6.31. The van der Waals surface area contributed by atoms with Crippen molar-refractivity contribution in [3.05, 3.63) is 157 Å². The first kappa shape index (κ1) is 35.3. The Morgan fingerprint density at radius 3 is 2.25 bits per heavy atom. The van der Waals surface area contributed by atoms with Crippen LogP contribution in [0.15, 0.2) is 144 Å². The molecule has 0 saturated heterocycles. The Bertz CT molecular complexity index is 2670. The fourth-order valence-corrected chi connectivity index (χ4v) is 8.58. The van der Waals surface area contributed by atoms with Gasteiger partial charge in [0.05, 0.1) is 30.5 Å². The molecule has 9 aromatic rings. The molecule has 0 amide bonds. The number of hydrogen-bond acceptors (Lipinski definition) is 3. The smallest absolute Gasteiger partial charge is 0.120 e. The summed E-state index contributed by atoms with van der Waals surface area (Å²) in [5, 5.41) is 6.06. The topological polar surface area (TPSA) is 43.9 Å². The normalized spacial score (nSPS) is 11.6. The van der Waals surface area contributed by atoms with Gasteiger partial charge in [0.2, 0.25) is 0 Å². The summed E-state index contributed by atoms with van der Waals surface area (Å²) >= 11 is 0. The van der Waals surface area contributed by atoms with Gasteiger partial charge in [-0.2, -0.15) is 0 Å². The molecule has 0 aliphatic heterocycles. The predicted octanol–water partition coefficient (Wildman–Crippen LogP) is 11.8. The van der Waals surface area contributed by atoms with Crippen LogP contribution < -0.4 is 5.19 Å². The van der Waals surface area contributed by atoms with E-state index >= 15 is 0 Å². The summed E-state index contributed by atoms with van der Waals surface area (Å²) in [6.45, 7) is 11.7. The number of para-hydroxylation sites is 3. The number of nitrogens with zero attached hydrogens (tertiary/aromatic N) is 3. The second kappa shape index (κ2) is 14.5. The third kappa shape index (κ3) is 6.66. The molecule has 3 aromatic heterocycles. The molecule has 6 heteroatoms. The van der Waals surface area contributed by atoms with Crippen LogP contribution in [0.2, 0.25) is 19.6 Å². The molecule has 0 unspecified atom stereocenters. The van der Waals surface area contributed by atoms with Crippen LogP contribution in [0.5, 0.6) is 0 Å². The van der Waals surface area contributed by atoms with E-state index < -0.39 is 8.07 Å². The van der Waals surface area contributed by atoms with Gasteiger partial charge in [0, 0.05) is 37.4 Å². The minimum atomic E-state index is -1.34. The summed E-state index contributed by atoms with van der Waals surface area (Å²) < 4.78 is 8.52. The molecule has 9 rings (SSSR count). The van der Waals surface area contributed by atoms with E-state index in [4.69, 9.17) is 9.40 Å². The van der Waals surface area contributed by atoms with Crippen LogP contribution in [-0.2, 0) is 20.1 Å². The van der Waals surface area contributed by atoms with Gasteiger partial charge in [-0.15, -0.1) is 54.1 Å². The first-order valence-electron chi connectivity index (χ1n) is 17.5. The number of rotatable bonds is 5. The molecule has 52 heavy (non-hydrogen) atoms. The average molecular weight is 870 g/mol. The fourth-order valence-electron chi connectivity index (χ4n) is 6.90. The Balaban J connectivity index is 0.000000182. The zero-order chi connectivity index (χ0) is 35.1. The van der Waals surface area contributed by atoms with E-state index in [0.29, 0.717) is 5.92 Å². The molecule has 0 N–H and O–H groups in total. The van der Waals surface area contributed by atoms with E-state index in [2.05, 4.69) is 146 Å². The summed E-state index contributed by atoms with van der Waals surface area (Å²) in [5.41, 5.74) is 9.16. The van der Waals surface area contributed by atoms with E-state index in [1.54, 1.807) is 0 Å². The van der Waals surface area contributed by atoms with E-state index in [1.165, 1.54) is 21.5 Å². The molecule has 0 saturated carbocycles. The maximum Gasteiger partial charge on any atom is 0.120 e. The number of furan rings is 1. The van der Waals surface area contributed by atoms with Crippen molar-refractivity contribution in [1.82, 2.24) is 14.5 Å². The number of pyridine rings is 1. The van der Waals surface area contributed by atoms with Crippen molar-refractivity contribution >= 4 is 57.0 Å². The van der Waals surface area contributed by atoms with Crippen LogP contribution in [0.4, 0.5) is 0 Å². The molecule has 0 aliphatic carbocycles. The number of fused-ring (bicyclic) bond motifs is 5. The van der Waals surface area contributed by atoms with Crippen LogP contribution in [0.1, 0.15) is 25.3 Å². The van der Waals surface area contributed by atoms with Crippen molar-refractivity contribution in [3.63, 3.8) is 0 Å². The summed E-state index contributed by atoms with van der Waals surface area (Å²) in [5.74, 6) is 1.36. The van der Waals surface area contributed by atoms with Gasteiger partial charge < -0.3 is 14.0 Å². The zero-order valence-electron chi connectivity index (χ0n) is 29.9. The largest absolute Gasteiger partial charge is 0.501 e. The SMILES string of the molecule is CC(C)c1cc(-c2[c-]cccc2)ncc1[Si](C)(C)C.[Ir].[c-]1ccc2c(oc3ccccc32)c1-c1nc2ccccc2n1-c1ccc2ccccc2c1. The summed E-state index contributed by atoms with van der Waals surface area (Å²) in [6.07, 6.45) is 2.09. The summed E-state index contributed by atoms with van der Waals surface area (Å²) in [4.78, 5) is 9.69. The maximum atomic E-state index is 6.31. The van der Waals surface area contributed by atoms with Crippen molar-refractivity contribution < 1.29 is 24.5 Å². The molecule has 0 aliphatic rings. The Labute approximate surface area is 319 Å². The molecule has 0 fully saturated rings. The minimum Gasteiger partial charge on any atom is -0.501 e. The van der Waals surface area contributed by atoms with Crippen molar-refractivity contribution in [3.8, 4) is 28.3 Å². The standard InChI is InChI=1S/C29H17N2O.C17H22NSi.Ir/c1-2-9-20-18-21(17-16-19(20)8-1)31-26-14-5-4-13-25(26)30-29(31)24-12-7-11-23-22-10-3-6-15-27(22)32-28(23)24;1-13(2)15-11-16(14-9-7-6-8-10-14)18-12-17(15)19(3,4)5;/h1-11,13-18H;6-9,11-13H,1-5H3;/q2*-1;. The van der Waals surface area contributed by atoms with Crippen molar-refractivity contribution in [2.24, 2.45) is 0 Å². The first-order chi connectivity index (χ1) is 24.8. The van der Waals surface area contributed by atoms with Crippen LogP contribution in [-0.4, -0.2) is 22.6 Å². The molecular formula is C46H39IrN3OSi-2. The average Bonchev–Trinajstić information content (AvgIpc) is 3.74. The van der Waals surface area contributed by atoms with Gasteiger partial charge in [-0.05, 0) is 57.9 Å². The van der Waals surface area contributed by atoms with Crippen molar-refractivity contribution in [2.45, 2.75) is 39.4 Å². The van der Waals surface area contributed by atoms with Crippen LogP contribution in [0.25, 0.3) is 72.1 Å². The molecule has 1 radical (unpaired) electrons. The van der Waals surface area contributed by atoms with Gasteiger partial charge >= 0.3 is 0 Å². The quantitative estimate of drug-likeness (QED) is 0.128. The molecule has 0 bridgehead atoms.